The number of rotatable bonds is 6. The maximum absolute atomic E-state index is 12.8. The number of hydrogen-bond acceptors (Lipinski definition) is 3. The molecule has 0 unspecified atom stereocenters. The molecule has 136 valence electrons. The van der Waals surface area contributed by atoms with Crippen LogP contribution in [-0.2, 0) is 0 Å². The highest BCUT2D eigenvalue weighted by atomic mass is 35.5. The summed E-state index contributed by atoms with van der Waals surface area (Å²) in [6.07, 6.45) is 0. The van der Waals surface area contributed by atoms with Crippen LogP contribution < -0.4 is 10.1 Å². The molecule has 0 atom stereocenters. The summed E-state index contributed by atoms with van der Waals surface area (Å²) in [5.41, 5.74) is 1.74. The molecular weight excluding hydrogens is 362 g/mol. The molecule has 5 heteroatoms. The molecule has 27 heavy (non-hydrogen) atoms. The zero-order valence-electron chi connectivity index (χ0n) is 14.7. The van der Waals surface area contributed by atoms with Gasteiger partial charge in [-0.15, -0.1) is 0 Å². The van der Waals surface area contributed by atoms with Gasteiger partial charge in [0, 0.05) is 21.8 Å². The molecule has 3 aromatic rings. The molecule has 0 fully saturated rings. The van der Waals surface area contributed by atoms with Crippen molar-refractivity contribution in [3.8, 4) is 5.75 Å². The van der Waals surface area contributed by atoms with Gasteiger partial charge in [0.15, 0.2) is 5.78 Å². The molecule has 0 bridgehead atoms. The van der Waals surface area contributed by atoms with E-state index in [0.29, 0.717) is 34.0 Å². The maximum Gasteiger partial charge on any atom is 0.256 e. The Morgan fingerprint density at radius 1 is 0.889 bits per heavy atom. The monoisotopic (exact) mass is 379 g/mol. The minimum Gasteiger partial charge on any atom is -0.494 e. The smallest absolute Gasteiger partial charge is 0.256 e. The van der Waals surface area contributed by atoms with E-state index in [9.17, 15) is 9.59 Å². The molecule has 4 nitrogen and oxygen atoms in total. The lowest BCUT2D eigenvalue weighted by molar-refractivity contribution is 0.0996. The summed E-state index contributed by atoms with van der Waals surface area (Å²) in [5, 5.41) is 3.36. The zero-order chi connectivity index (χ0) is 19.2. The molecule has 0 heterocycles. The number of halogens is 1. The van der Waals surface area contributed by atoms with E-state index in [1.54, 1.807) is 72.8 Å². The molecule has 3 aromatic carbocycles. The van der Waals surface area contributed by atoms with Crippen LogP contribution in [0.2, 0.25) is 5.02 Å². The molecular formula is C22H18ClNO3. The molecule has 0 spiro atoms. The summed E-state index contributed by atoms with van der Waals surface area (Å²) in [6, 6.07) is 20.4. The van der Waals surface area contributed by atoms with E-state index in [1.165, 1.54) is 0 Å². The Labute approximate surface area is 162 Å². The second-order valence-corrected chi connectivity index (χ2v) is 6.23. The maximum atomic E-state index is 12.8. The van der Waals surface area contributed by atoms with Crippen LogP contribution >= 0.6 is 11.6 Å². The Balaban J connectivity index is 1.83. The molecule has 0 aliphatic carbocycles. The van der Waals surface area contributed by atoms with Crippen molar-refractivity contribution >= 4 is 29.0 Å². The highest BCUT2D eigenvalue weighted by molar-refractivity contribution is 6.30. The Morgan fingerprint density at radius 3 is 2.15 bits per heavy atom. The second-order valence-electron chi connectivity index (χ2n) is 5.79. The molecule has 0 aliphatic heterocycles. The van der Waals surface area contributed by atoms with Crippen LogP contribution in [0.15, 0.2) is 72.8 Å². The van der Waals surface area contributed by atoms with Gasteiger partial charge in [-0.2, -0.15) is 0 Å². The molecule has 1 amide bonds. The number of anilines is 1. The van der Waals surface area contributed by atoms with E-state index >= 15 is 0 Å². The summed E-state index contributed by atoms with van der Waals surface area (Å²) < 4.78 is 5.39. The Hall–Kier alpha value is -3.11. The lowest BCUT2D eigenvalue weighted by atomic mass is 9.98. The third-order valence-corrected chi connectivity index (χ3v) is 4.20. The van der Waals surface area contributed by atoms with Crippen LogP contribution in [0, 0.1) is 0 Å². The van der Waals surface area contributed by atoms with E-state index in [2.05, 4.69) is 5.32 Å². The number of hydrogen-bond donors (Lipinski definition) is 1. The fraction of sp³-hybridized carbons (Fsp3) is 0.0909. The van der Waals surface area contributed by atoms with E-state index in [1.807, 2.05) is 6.92 Å². The number of nitrogens with one attached hydrogen (secondary N) is 1. The topological polar surface area (TPSA) is 55.4 Å². The minimum atomic E-state index is -0.350. The van der Waals surface area contributed by atoms with Gasteiger partial charge in [0.2, 0.25) is 0 Å². The molecule has 0 saturated carbocycles. The average Bonchev–Trinajstić information content (AvgIpc) is 2.70. The van der Waals surface area contributed by atoms with Gasteiger partial charge >= 0.3 is 0 Å². The first kappa shape index (κ1) is 18.7. The lowest BCUT2D eigenvalue weighted by Gasteiger charge is -2.10. The first-order valence-corrected chi connectivity index (χ1v) is 8.90. The summed E-state index contributed by atoms with van der Waals surface area (Å²) in [4.78, 5) is 25.5. The van der Waals surface area contributed by atoms with Crippen molar-refractivity contribution < 1.29 is 14.3 Å². The summed E-state index contributed by atoms with van der Waals surface area (Å²) in [6.45, 7) is 2.48. The Bertz CT molecular complexity index is 950. The second kappa shape index (κ2) is 8.52. The first-order chi connectivity index (χ1) is 13.1. The third kappa shape index (κ3) is 4.54. The van der Waals surface area contributed by atoms with Gasteiger partial charge in [-0.25, -0.2) is 0 Å². The number of carbonyl (C=O) groups is 2. The van der Waals surface area contributed by atoms with E-state index < -0.39 is 0 Å². The number of amides is 1. The van der Waals surface area contributed by atoms with Crippen LogP contribution in [-0.4, -0.2) is 18.3 Å². The normalized spacial score (nSPS) is 10.3. The third-order valence-electron chi connectivity index (χ3n) is 3.95. The summed E-state index contributed by atoms with van der Waals surface area (Å²) in [7, 11) is 0. The number of carbonyl (C=O) groups excluding carboxylic acids is 2. The largest absolute Gasteiger partial charge is 0.494 e. The van der Waals surface area contributed by atoms with Crippen LogP contribution in [0.4, 0.5) is 5.69 Å². The van der Waals surface area contributed by atoms with Crippen molar-refractivity contribution in [2.75, 3.05) is 11.9 Å². The van der Waals surface area contributed by atoms with Gasteiger partial charge in [0.05, 0.1) is 12.2 Å². The van der Waals surface area contributed by atoms with Crippen LogP contribution in [0.1, 0.15) is 33.2 Å². The first-order valence-electron chi connectivity index (χ1n) is 8.52. The quantitative estimate of drug-likeness (QED) is 0.597. The number of ether oxygens (including phenoxy) is 1. The molecule has 0 radical (unpaired) electrons. The van der Waals surface area contributed by atoms with Crippen molar-refractivity contribution in [2.45, 2.75) is 6.92 Å². The predicted molar refractivity (Wildman–Crippen MR) is 107 cm³/mol. The van der Waals surface area contributed by atoms with E-state index in [0.717, 1.165) is 5.75 Å². The zero-order valence-corrected chi connectivity index (χ0v) is 15.5. The van der Waals surface area contributed by atoms with Gasteiger partial charge in [-0.3, -0.25) is 9.59 Å². The van der Waals surface area contributed by atoms with Crippen molar-refractivity contribution in [3.05, 3.63) is 94.5 Å². The van der Waals surface area contributed by atoms with E-state index in [4.69, 9.17) is 16.3 Å². The highest BCUT2D eigenvalue weighted by Gasteiger charge is 2.18. The lowest BCUT2D eigenvalue weighted by Crippen LogP contribution is -2.17. The minimum absolute atomic E-state index is 0.232. The van der Waals surface area contributed by atoms with Crippen LogP contribution in [0.5, 0.6) is 5.75 Å². The predicted octanol–water partition coefficient (Wildman–Crippen LogP) is 5.22. The fourth-order valence-electron chi connectivity index (χ4n) is 2.64. The van der Waals surface area contributed by atoms with Gasteiger partial charge in [-0.1, -0.05) is 29.8 Å². The van der Waals surface area contributed by atoms with Gasteiger partial charge in [-0.05, 0) is 61.5 Å². The van der Waals surface area contributed by atoms with E-state index in [-0.39, 0.29) is 11.7 Å². The SMILES string of the molecule is CCOc1ccc(NC(=O)c2ccccc2C(=O)c2ccc(Cl)cc2)cc1. The average molecular weight is 380 g/mol. The molecule has 3 rings (SSSR count). The van der Waals surface area contributed by atoms with Crippen molar-refractivity contribution in [1.29, 1.82) is 0 Å². The molecule has 1 N–H and O–H groups in total. The Kier molecular flexibility index (Phi) is 5.89. The Morgan fingerprint density at radius 2 is 1.52 bits per heavy atom. The highest BCUT2D eigenvalue weighted by Crippen LogP contribution is 2.20. The number of ketones is 1. The standard InChI is InChI=1S/C22H18ClNO3/c1-2-27-18-13-11-17(12-14-18)24-22(26)20-6-4-3-5-19(20)21(25)15-7-9-16(23)10-8-15/h3-14H,2H2,1H3,(H,24,26). The summed E-state index contributed by atoms with van der Waals surface area (Å²) in [5.74, 6) is 0.148. The molecule has 0 aliphatic rings. The van der Waals surface area contributed by atoms with Crippen molar-refractivity contribution in [3.63, 3.8) is 0 Å². The van der Waals surface area contributed by atoms with Gasteiger partial charge in [0.1, 0.15) is 5.75 Å². The van der Waals surface area contributed by atoms with Crippen molar-refractivity contribution in [2.24, 2.45) is 0 Å². The fourth-order valence-corrected chi connectivity index (χ4v) is 2.76. The number of benzene rings is 3. The van der Waals surface area contributed by atoms with Gasteiger partial charge < -0.3 is 10.1 Å². The summed E-state index contributed by atoms with van der Waals surface area (Å²) >= 11 is 5.88. The van der Waals surface area contributed by atoms with Crippen LogP contribution in [0.25, 0.3) is 0 Å². The molecule has 0 aromatic heterocycles. The molecule has 0 saturated heterocycles. The van der Waals surface area contributed by atoms with Gasteiger partial charge in [0.25, 0.3) is 5.91 Å². The van der Waals surface area contributed by atoms with Crippen LogP contribution in [0.3, 0.4) is 0 Å². The van der Waals surface area contributed by atoms with Crippen molar-refractivity contribution in [1.82, 2.24) is 0 Å².